The molecular weight excluding hydrogens is 288 g/mol. The van der Waals surface area contributed by atoms with Gasteiger partial charge in [-0.3, -0.25) is 0 Å². The number of para-hydroxylation sites is 1. The Morgan fingerprint density at radius 3 is 2.53 bits per heavy atom. The van der Waals surface area contributed by atoms with Gasteiger partial charge in [-0.1, -0.05) is 18.2 Å². The molecule has 2 rings (SSSR count). The second-order valence-corrected chi connectivity index (χ2v) is 6.18. The highest BCUT2D eigenvalue weighted by Gasteiger charge is 2.21. The van der Waals surface area contributed by atoms with Gasteiger partial charge in [0.25, 0.3) is 0 Å². The molecule has 1 aromatic heterocycles. The van der Waals surface area contributed by atoms with E-state index in [1.54, 1.807) is 23.6 Å². The van der Waals surface area contributed by atoms with Crippen molar-refractivity contribution in [2.24, 2.45) is 0 Å². The largest absolute Gasteiger partial charge is 0.465 e. The van der Waals surface area contributed by atoms with Crippen LogP contribution in [0.3, 0.4) is 0 Å². The zero-order valence-corrected chi connectivity index (χ0v) is 11.5. The first-order valence-corrected chi connectivity index (χ1v) is 7.49. The zero-order valence-electron chi connectivity index (χ0n) is 9.90. The van der Waals surface area contributed by atoms with E-state index in [-0.39, 0.29) is 15.5 Å². The molecule has 2 aromatic rings. The number of hydrogen-bond acceptors (Lipinski definition) is 6. The van der Waals surface area contributed by atoms with Crippen LogP contribution in [0.2, 0.25) is 0 Å². The SMILES string of the molecule is COC(=O)c1ccccc1OS(=O)(=O)c1cccs1. The Kier molecular flexibility index (Phi) is 3.87. The number of benzene rings is 1. The van der Waals surface area contributed by atoms with Crippen LogP contribution in [0.1, 0.15) is 10.4 Å². The quantitative estimate of drug-likeness (QED) is 0.640. The van der Waals surface area contributed by atoms with Crippen molar-refractivity contribution in [2.75, 3.05) is 7.11 Å². The van der Waals surface area contributed by atoms with Crippen LogP contribution in [-0.2, 0) is 14.9 Å². The smallest absolute Gasteiger partial charge is 0.348 e. The first-order chi connectivity index (χ1) is 9.04. The van der Waals surface area contributed by atoms with E-state index in [1.807, 2.05) is 0 Å². The molecule has 0 radical (unpaired) electrons. The second kappa shape index (κ2) is 5.41. The number of esters is 1. The number of carbonyl (C=O) groups excluding carboxylic acids is 1. The van der Waals surface area contributed by atoms with Crippen LogP contribution in [-0.4, -0.2) is 21.5 Å². The summed E-state index contributed by atoms with van der Waals surface area (Å²) in [6.07, 6.45) is 0. The number of ether oxygens (including phenoxy) is 1. The third kappa shape index (κ3) is 2.94. The summed E-state index contributed by atoms with van der Waals surface area (Å²) in [7, 11) is -2.71. The summed E-state index contributed by atoms with van der Waals surface area (Å²) in [6.45, 7) is 0. The Balaban J connectivity index is 2.37. The van der Waals surface area contributed by atoms with Gasteiger partial charge in [0.05, 0.1) is 7.11 Å². The first-order valence-electron chi connectivity index (χ1n) is 5.20. The number of rotatable bonds is 4. The maximum atomic E-state index is 12.0. The average Bonchev–Trinajstić information content (AvgIpc) is 2.93. The van der Waals surface area contributed by atoms with Crippen LogP contribution in [0.25, 0.3) is 0 Å². The minimum atomic E-state index is -3.92. The van der Waals surface area contributed by atoms with Gasteiger partial charge in [-0.2, -0.15) is 8.42 Å². The van der Waals surface area contributed by atoms with E-state index in [0.29, 0.717) is 0 Å². The molecule has 100 valence electrons. The Labute approximate surface area is 114 Å². The maximum Gasteiger partial charge on any atom is 0.348 e. The standard InChI is InChI=1S/C12H10O5S2/c1-16-12(13)9-5-2-3-6-10(9)17-19(14,15)11-7-4-8-18-11/h2-8H,1H3. The summed E-state index contributed by atoms with van der Waals surface area (Å²) in [5.74, 6) is -0.709. The van der Waals surface area contributed by atoms with Crippen molar-refractivity contribution in [3.63, 3.8) is 0 Å². The van der Waals surface area contributed by atoms with Crippen LogP contribution >= 0.6 is 11.3 Å². The normalized spacial score (nSPS) is 11.0. The third-order valence-electron chi connectivity index (χ3n) is 2.23. The predicted octanol–water partition coefficient (Wildman–Crippen LogP) is 2.30. The Bertz CT molecular complexity index is 674. The van der Waals surface area contributed by atoms with Crippen LogP contribution < -0.4 is 4.18 Å². The summed E-state index contributed by atoms with van der Waals surface area (Å²) < 4.78 is 33.6. The van der Waals surface area contributed by atoms with E-state index in [1.165, 1.54) is 25.3 Å². The molecule has 0 amide bonds. The molecule has 0 unspecified atom stereocenters. The van der Waals surface area contributed by atoms with Gasteiger partial charge in [0, 0.05) is 0 Å². The molecular formula is C12H10O5S2. The molecule has 0 atom stereocenters. The minimum Gasteiger partial charge on any atom is -0.465 e. The molecule has 0 bridgehead atoms. The maximum absolute atomic E-state index is 12.0. The first kappa shape index (κ1) is 13.6. The van der Waals surface area contributed by atoms with Crippen molar-refractivity contribution in [1.29, 1.82) is 0 Å². The van der Waals surface area contributed by atoms with Crippen LogP contribution in [0.15, 0.2) is 46.0 Å². The fourth-order valence-corrected chi connectivity index (χ4v) is 3.28. The second-order valence-electron chi connectivity index (χ2n) is 3.46. The van der Waals surface area contributed by atoms with E-state index >= 15 is 0 Å². The fraction of sp³-hybridized carbons (Fsp3) is 0.0833. The summed E-state index contributed by atoms with van der Waals surface area (Å²) in [4.78, 5) is 11.5. The van der Waals surface area contributed by atoms with Gasteiger partial charge in [0.1, 0.15) is 5.56 Å². The molecule has 0 fully saturated rings. The molecule has 0 aliphatic carbocycles. The van der Waals surface area contributed by atoms with E-state index in [2.05, 4.69) is 4.74 Å². The van der Waals surface area contributed by atoms with E-state index in [9.17, 15) is 13.2 Å². The van der Waals surface area contributed by atoms with Crippen molar-refractivity contribution in [3.8, 4) is 5.75 Å². The third-order valence-corrected chi connectivity index (χ3v) is 4.82. The predicted molar refractivity (Wildman–Crippen MR) is 69.9 cm³/mol. The molecule has 0 spiro atoms. The molecule has 0 N–H and O–H groups in total. The number of carbonyl (C=O) groups is 1. The van der Waals surface area contributed by atoms with Crippen molar-refractivity contribution in [1.82, 2.24) is 0 Å². The number of hydrogen-bond donors (Lipinski definition) is 0. The van der Waals surface area contributed by atoms with Gasteiger partial charge in [-0.25, -0.2) is 4.79 Å². The lowest BCUT2D eigenvalue weighted by molar-refractivity contribution is 0.0599. The molecule has 0 saturated carbocycles. The Hall–Kier alpha value is -1.86. The molecule has 5 nitrogen and oxygen atoms in total. The Morgan fingerprint density at radius 1 is 1.16 bits per heavy atom. The Morgan fingerprint density at radius 2 is 1.89 bits per heavy atom. The van der Waals surface area contributed by atoms with Crippen molar-refractivity contribution >= 4 is 27.4 Å². The summed E-state index contributed by atoms with van der Waals surface area (Å²) in [6, 6.07) is 9.04. The fourth-order valence-electron chi connectivity index (χ4n) is 1.38. The molecule has 0 aliphatic rings. The average molecular weight is 298 g/mol. The molecule has 0 aliphatic heterocycles. The lowest BCUT2D eigenvalue weighted by Gasteiger charge is -2.08. The van der Waals surface area contributed by atoms with Crippen LogP contribution in [0.5, 0.6) is 5.75 Å². The summed E-state index contributed by atoms with van der Waals surface area (Å²) in [5, 5.41) is 1.63. The lowest BCUT2D eigenvalue weighted by Crippen LogP contribution is -2.11. The molecule has 1 aromatic carbocycles. The molecule has 0 saturated heterocycles. The van der Waals surface area contributed by atoms with Gasteiger partial charge >= 0.3 is 16.1 Å². The highest BCUT2D eigenvalue weighted by molar-refractivity contribution is 7.89. The molecule has 19 heavy (non-hydrogen) atoms. The zero-order chi connectivity index (χ0) is 13.9. The van der Waals surface area contributed by atoms with Gasteiger partial charge in [-0.05, 0) is 23.6 Å². The lowest BCUT2D eigenvalue weighted by atomic mass is 10.2. The van der Waals surface area contributed by atoms with Gasteiger partial charge < -0.3 is 8.92 Å². The van der Waals surface area contributed by atoms with Gasteiger partial charge in [0.15, 0.2) is 9.96 Å². The van der Waals surface area contributed by atoms with Gasteiger partial charge in [-0.15, -0.1) is 11.3 Å². The number of thiophene rings is 1. The van der Waals surface area contributed by atoms with E-state index in [0.717, 1.165) is 11.3 Å². The highest BCUT2D eigenvalue weighted by atomic mass is 32.3. The minimum absolute atomic E-state index is 0.0530. The topological polar surface area (TPSA) is 69.7 Å². The van der Waals surface area contributed by atoms with E-state index < -0.39 is 16.1 Å². The van der Waals surface area contributed by atoms with Crippen LogP contribution in [0.4, 0.5) is 0 Å². The van der Waals surface area contributed by atoms with Crippen molar-refractivity contribution < 1.29 is 22.1 Å². The van der Waals surface area contributed by atoms with Crippen molar-refractivity contribution in [2.45, 2.75) is 4.21 Å². The summed E-state index contributed by atoms with van der Waals surface area (Å²) >= 11 is 1.04. The monoisotopic (exact) mass is 298 g/mol. The number of methoxy groups -OCH3 is 1. The summed E-state index contributed by atoms with van der Waals surface area (Å²) in [5.41, 5.74) is 0.0603. The molecule has 1 heterocycles. The van der Waals surface area contributed by atoms with Crippen LogP contribution in [0, 0.1) is 0 Å². The van der Waals surface area contributed by atoms with E-state index in [4.69, 9.17) is 4.18 Å². The van der Waals surface area contributed by atoms with Crippen molar-refractivity contribution in [3.05, 3.63) is 47.3 Å². The van der Waals surface area contributed by atoms with Gasteiger partial charge in [0.2, 0.25) is 0 Å². The highest BCUT2D eigenvalue weighted by Crippen LogP contribution is 2.25. The molecule has 7 heteroatoms.